The van der Waals surface area contributed by atoms with Crippen molar-refractivity contribution >= 4 is 12.0 Å². The maximum atomic E-state index is 12.4. The Morgan fingerprint density at radius 2 is 2.05 bits per heavy atom. The molecule has 2 fully saturated rings. The highest BCUT2D eigenvalue weighted by Gasteiger charge is 2.49. The Morgan fingerprint density at radius 3 is 2.65 bits per heavy atom. The van der Waals surface area contributed by atoms with Crippen LogP contribution in [0.4, 0.5) is 4.79 Å². The molecular formula is C15H26N2O3. The number of amides is 2. The van der Waals surface area contributed by atoms with Crippen molar-refractivity contribution in [3.8, 4) is 0 Å². The third-order valence-electron chi connectivity index (χ3n) is 5.25. The van der Waals surface area contributed by atoms with E-state index in [1.165, 1.54) is 0 Å². The Hall–Kier alpha value is -1.26. The van der Waals surface area contributed by atoms with Gasteiger partial charge in [-0.05, 0) is 37.5 Å². The zero-order valence-electron chi connectivity index (χ0n) is 12.6. The number of carboxylic acids is 1. The number of carboxylic acid groups (broad SMARTS) is 1. The van der Waals surface area contributed by atoms with Gasteiger partial charge in [0.1, 0.15) is 6.04 Å². The zero-order valence-corrected chi connectivity index (χ0v) is 12.6. The monoisotopic (exact) mass is 282 g/mol. The number of rotatable bonds is 4. The topological polar surface area (TPSA) is 69.6 Å². The molecule has 2 N–H and O–H groups in total. The molecule has 0 aromatic heterocycles. The Labute approximate surface area is 120 Å². The number of likely N-dealkylation sites (tertiary alicyclic amines) is 1. The Kier molecular flexibility index (Phi) is 4.55. The summed E-state index contributed by atoms with van der Waals surface area (Å²) in [5.74, 6) is 0.0629. The molecule has 1 aliphatic heterocycles. The lowest BCUT2D eigenvalue weighted by atomic mass is 9.94. The van der Waals surface area contributed by atoms with E-state index >= 15 is 0 Å². The van der Waals surface area contributed by atoms with Crippen LogP contribution in [0.1, 0.15) is 46.5 Å². The molecule has 1 heterocycles. The van der Waals surface area contributed by atoms with Gasteiger partial charge in [-0.2, -0.15) is 0 Å². The number of carbonyl (C=O) groups is 2. The molecule has 2 rings (SSSR count). The van der Waals surface area contributed by atoms with Gasteiger partial charge in [0.05, 0.1) is 0 Å². The van der Waals surface area contributed by atoms with Crippen molar-refractivity contribution in [2.24, 2.45) is 17.8 Å². The highest BCUT2D eigenvalue weighted by atomic mass is 16.4. The van der Waals surface area contributed by atoms with Crippen molar-refractivity contribution in [2.45, 2.75) is 58.5 Å². The van der Waals surface area contributed by atoms with Crippen molar-refractivity contribution in [3.63, 3.8) is 0 Å². The summed E-state index contributed by atoms with van der Waals surface area (Å²) in [6, 6.07) is -0.770. The molecule has 1 saturated carbocycles. The van der Waals surface area contributed by atoms with Crippen LogP contribution in [0.3, 0.4) is 0 Å². The number of fused-ring (bicyclic) bond motifs is 1. The van der Waals surface area contributed by atoms with Crippen molar-refractivity contribution < 1.29 is 14.7 Å². The largest absolute Gasteiger partial charge is 0.480 e. The summed E-state index contributed by atoms with van der Waals surface area (Å²) in [5, 5.41) is 12.4. The van der Waals surface area contributed by atoms with Gasteiger partial charge in [0, 0.05) is 12.6 Å². The van der Waals surface area contributed by atoms with Gasteiger partial charge in [0.2, 0.25) is 0 Å². The fourth-order valence-corrected chi connectivity index (χ4v) is 3.60. The van der Waals surface area contributed by atoms with Gasteiger partial charge in [-0.1, -0.05) is 26.7 Å². The second-order valence-electron chi connectivity index (χ2n) is 6.41. The molecule has 0 aromatic carbocycles. The van der Waals surface area contributed by atoms with Crippen LogP contribution in [-0.2, 0) is 4.79 Å². The molecule has 5 nitrogen and oxygen atoms in total. The summed E-state index contributed by atoms with van der Waals surface area (Å²) in [4.78, 5) is 25.4. The Morgan fingerprint density at radius 1 is 1.35 bits per heavy atom. The Bertz CT molecular complexity index is 385. The molecule has 20 heavy (non-hydrogen) atoms. The van der Waals surface area contributed by atoms with Crippen LogP contribution in [0, 0.1) is 17.8 Å². The normalized spacial score (nSPS) is 31.8. The third-order valence-corrected chi connectivity index (χ3v) is 5.25. The van der Waals surface area contributed by atoms with E-state index in [4.69, 9.17) is 0 Å². The number of hydrogen-bond acceptors (Lipinski definition) is 2. The maximum absolute atomic E-state index is 12.4. The van der Waals surface area contributed by atoms with Crippen LogP contribution in [0.25, 0.3) is 0 Å². The minimum atomic E-state index is -0.856. The fraction of sp³-hybridized carbons (Fsp3) is 0.867. The van der Waals surface area contributed by atoms with E-state index in [0.717, 1.165) is 25.7 Å². The van der Waals surface area contributed by atoms with Gasteiger partial charge in [-0.15, -0.1) is 0 Å². The summed E-state index contributed by atoms with van der Waals surface area (Å²) < 4.78 is 0. The first-order chi connectivity index (χ1) is 9.45. The number of nitrogens with one attached hydrogen (secondary N) is 1. The summed E-state index contributed by atoms with van der Waals surface area (Å²) in [6.07, 6.45) is 4.08. The number of urea groups is 1. The van der Waals surface area contributed by atoms with E-state index in [0.29, 0.717) is 18.4 Å². The minimum absolute atomic E-state index is 0.0717. The van der Waals surface area contributed by atoms with Gasteiger partial charge in [-0.25, -0.2) is 9.59 Å². The van der Waals surface area contributed by atoms with Gasteiger partial charge in [0.15, 0.2) is 0 Å². The second kappa shape index (κ2) is 6.02. The molecular weight excluding hydrogens is 256 g/mol. The number of carbonyl (C=O) groups excluding carboxylic acids is 1. The molecule has 0 spiro atoms. The SMILES string of the molecule is CCC(C)C(C)NC(=O)N1CC2CCCC2C1C(=O)O. The molecule has 5 unspecified atom stereocenters. The van der Waals surface area contributed by atoms with Crippen molar-refractivity contribution in [2.75, 3.05) is 6.54 Å². The van der Waals surface area contributed by atoms with E-state index in [9.17, 15) is 14.7 Å². The fourth-order valence-electron chi connectivity index (χ4n) is 3.60. The molecule has 0 bridgehead atoms. The molecule has 0 aromatic rings. The average molecular weight is 282 g/mol. The van der Waals surface area contributed by atoms with E-state index in [1.54, 1.807) is 4.90 Å². The molecule has 5 atom stereocenters. The van der Waals surface area contributed by atoms with Gasteiger partial charge >= 0.3 is 12.0 Å². The third kappa shape index (κ3) is 2.76. The molecule has 0 radical (unpaired) electrons. The lowest BCUT2D eigenvalue weighted by Crippen LogP contribution is -2.51. The van der Waals surface area contributed by atoms with E-state index in [-0.39, 0.29) is 18.0 Å². The van der Waals surface area contributed by atoms with Crippen molar-refractivity contribution in [1.82, 2.24) is 10.2 Å². The number of nitrogens with zero attached hydrogens (tertiary/aromatic N) is 1. The maximum Gasteiger partial charge on any atom is 0.326 e. The smallest absolute Gasteiger partial charge is 0.326 e. The van der Waals surface area contributed by atoms with E-state index < -0.39 is 12.0 Å². The van der Waals surface area contributed by atoms with Gasteiger partial charge in [0.25, 0.3) is 0 Å². The number of aliphatic carboxylic acids is 1. The quantitative estimate of drug-likeness (QED) is 0.831. The first-order valence-electron chi connectivity index (χ1n) is 7.75. The van der Waals surface area contributed by atoms with Crippen LogP contribution in [0.2, 0.25) is 0 Å². The molecule has 1 aliphatic carbocycles. The average Bonchev–Trinajstić information content (AvgIpc) is 2.96. The molecule has 5 heteroatoms. The predicted molar refractivity (Wildman–Crippen MR) is 76.4 cm³/mol. The summed E-state index contributed by atoms with van der Waals surface area (Å²) in [5.41, 5.74) is 0. The van der Waals surface area contributed by atoms with Crippen LogP contribution >= 0.6 is 0 Å². The molecule has 2 aliphatic rings. The van der Waals surface area contributed by atoms with Crippen LogP contribution in [-0.4, -0.2) is 40.6 Å². The van der Waals surface area contributed by atoms with E-state index in [2.05, 4.69) is 19.2 Å². The lowest BCUT2D eigenvalue weighted by Gasteiger charge is -2.28. The van der Waals surface area contributed by atoms with Gasteiger partial charge < -0.3 is 15.3 Å². The predicted octanol–water partition coefficient (Wildman–Crippen LogP) is 2.32. The number of hydrogen-bond donors (Lipinski definition) is 2. The first kappa shape index (κ1) is 15.1. The summed E-state index contributed by atoms with van der Waals surface area (Å²) in [7, 11) is 0. The Balaban J connectivity index is 2.03. The second-order valence-corrected chi connectivity index (χ2v) is 6.41. The highest BCUT2D eigenvalue weighted by molar-refractivity contribution is 5.84. The van der Waals surface area contributed by atoms with Crippen LogP contribution < -0.4 is 5.32 Å². The van der Waals surface area contributed by atoms with E-state index in [1.807, 2.05) is 6.92 Å². The zero-order chi connectivity index (χ0) is 14.9. The highest BCUT2D eigenvalue weighted by Crippen LogP contribution is 2.42. The molecule has 2 amide bonds. The minimum Gasteiger partial charge on any atom is -0.480 e. The van der Waals surface area contributed by atoms with Crippen LogP contribution in [0.15, 0.2) is 0 Å². The van der Waals surface area contributed by atoms with Gasteiger partial charge in [-0.3, -0.25) is 0 Å². The van der Waals surface area contributed by atoms with Crippen molar-refractivity contribution in [3.05, 3.63) is 0 Å². The summed E-state index contributed by atoms with van der Waals surface area (Å²) in [6.45, 7) is 6.77. The summed E-state index contributed by atoms with van der Waals surface area (Å²) >= 11 is 0. The van der Waals surface area contributed by atoms with Crippen LogP contribution in [0.5, 0.6) is 0 Å². The lowest BCUT2D eigenvalue weighted by molar-refractivity contribution is -0.142. The molecule has 1 saturated heterocycles. The molecule has 114 valence electrons. The first-order valence-corrected chi connectivity index (χ1v) is 7.75. The van der Waals surface area contributed by atoms with Crippen molar-refractivity contribution in [1.29, 1.82) is 0 Å². The standard InChI is InChI=1S/C15H26N2O3/c1-4-9(2)10(3)16-15(20)17-8-11-6-5-7-12(11)13(17)14(18)19/h9-13H,4-8H2,1-3H3,(H,16,20)(H,18,19).